The number of nitrogen functional groups attached to an aromatic ring is 1. The molecule has 0 aliphatic heterocycles. The van der Waals surface area contributed by atoms with Crippen LogP contribution in [-0.2, 0) is 4.79 Å². The number of hydrogen-bond donors (Lipinski definition) is 2. The van der Waals surface area contributed by atoms with Gasteiger partial charge in [-0.1, -0.05) is 20.8 Å². The molecule has 0 aliphatic carbocycles. The van der Waals surface area contributed by atoms with Crippen molar-refractivity contribution in [3.05, 3.63) is 24.3 Å². The van der Waals surface area contributed by atoms with Gasteiger partial charge in [0.2, 0.25) is 5.91 Å². The first-order chi connectivity index (χ1) is 8.49. The topological polar surface area (TPSA) is 55.1 Å². The molecule has 1 amide bonds. The molecule has 1 rings (SSSR count). The highest BCUT2D eigenvalue weighted by Crippen LogP contribution is 2.19. The first-order valence-electron chi connectivity index (χ1n) is 6.26. The van der Waals surface area contributed by atoms with Gasteiger partial charge in [0.05, 0.1) is 0 Å². The Hall–Kier alpha value is -1.16. The van der Waals surface area contributed by atoms with Crippen LogP contribution in [0.15, 0.2) is 24.3 Å². The Morgan fingerprint density at radius 2 is 1.89 bits per heavy atom. The van der Waals surface area contributed by atoms with Gasteiger partial charge in [-0.25, -0.2) is 0 Å². The van der Waals surface area contributed by atoms with E-state index in [0.29, 0.717) is 23.3 Å². The molecule has 1 aromatic carbocycles. The Balaban J connectivity index is 2.27. The van der Waals surface area contributed by atoms with Crippen molar-refractivity contribution < 1.29 is 4.79 Å². The van der Waals surface area contributed by atoms with Crippen molar-refractivity contribution in [3.8, 4) is 0 Å². The van der Waals surface area contributed by atoms with Crippen molar-refractivity contribution in [3.63, 3.8) is 0 Å². The molecule has 1 aromatic rings. The Morgan fingerprint density at radius 3 is 2.44 bits per heavy atom. The molecule has 0 aromatic heterocycles. The smallest absolute Gasteiger partial charge is 0.225 e. The Kier molecular flexibility index (Phi) is 6.05. The molecule has 0 bridgehead atoms. The van der Waals surface area contributed by atoms with Crippen LogP contribution in [0.25, 0.3) is 0 Å². The van der Waals surface area contributed by atoms with Gasteiger partial charge in [-0.05, 0) is 30.2 Å². The molecule has 3 N–H and O–H groups in total. The summed E-state index contributed by atoms with van der Waals surface area (Å²) in [5.74, 6) is 1.57. The van der Waals surface area contributed by atoms with Crippen LogP contribution in [0.5, 0.6) is 0 Å². The third-order valence-corrected chi connectivity index (χ3v) is 4.35. The highest BCUT2D eigenvalue weighted by atomic mass is 32.2. The number of benzene rings is 1. The van der Waals surface area contributed by atoms with Crippen molar-refractivity contribution in [2.75, 3.05) is 16.8 Å². The molecule has 1 atom stereocenters. The predicted molar refractivity (Wildman–Crippen MR) is 80.9 cm³/mol. The van der Waals surface area contributed by atoms with Crippen molar-refractivity contribution >= 4 is 29.0 Å². The van der Waals surface area contributed by atoms with E-state index in [1.54, 1.807) is 12.1 Å². The summed E-state index contributed by atoms with van der Waals surface area (Å²) in [5, 5.41) is 3.46. The molecule has 100 valence electrons. The molecule has 0 fully saturated rings. The lowest BCUT2D eigenvalue weighted by molar-refractivity contribution is -0.115. The number of hydrogen-bond acceptors (Lipinski definition) is 3. The quantitative estimate of drug-likeness (QED) is 0.776. The van der Waals surface area contributed by atoms with Gasteiger partial charge in [-0.2, -0.15) is 11.8 Å². The van der Waals surface area contributed by atoms with E-state index in [2.05, 4.69) is 26.1 Å². The lowest BCUT2D eigenvalue weighted by atomic mass is 10.2. The lowest BCUT2D eigenvalue weighted by Crippen LogP contribution is -2.14. The molecule has 1 unspecified atom stereocenters. The van der Waals surface area contributed by atoms with E-state index < -0.39 is 0 Å². The van der Waals surface area contributed by atoms with Gasteiger partial charge in [0.1, 0.15) is 0 Å². The van der Waals surface area contributed by atoms with Crippen LogP contribution in [0.3, 0.4) is 0 Å². The van der Waals surface area contributed by atoms with E-state index in [1.165, 1.54) is 0 Å². The molecular formula is C14H22N2OS. The zero-order valence-electron chi connectivity index (χ0n) is 11.3. The van der Waals surface area contributed by atoms with Crippen LogP contribution in [0, 0.1) is 5.92 Å². The second-order valence-corrected chi connectivity index (χ2v) is 6.23. The van der Waals surface area contributed by atoms with E-state index in [-0.39, 0.29) is 5.91 Å². The van der Waals surface area contributed by atoms with Gasteiger partial charge < -0.3 is 11.1 Å². The minimum atomic E-state index is 0.0585. The van der Waals surface area contributed by atoms with Crippen LogP contribution >= 0.6 is 11.8 Å². The molecule has 0 spiro atoms. The molecular weight excluding hydrogens is 244 g/mol. The summed E-state index contributed by atoms with van der Waals surface area (Å²) >= 11 is 1.85. The summed E-state index contributed by atoms with van der Waals surface area (Å²) in [7, 11) is 0. The van der Waals surface area contributed by atoms with Crippen LogP contribution in [-0.4, -0.2) is 16.9 Å². The molecule has 0 heterocycles. The fraction of sp³-hybridized carbons (Fsp3) is 0.500. The SMILES string of the molecule is CC(C)C(C)SCCC(=O)Nc1ccc(N)cc1. The lowest BCUT2D eigenvalue weighted by Gasteiger charge is -2.14. The van der Waals surface area contributed by atoms with Crippen molar-refractivity contribution in [2.45, 2.75) is 32.4 Å². The minimum absolute atomic E-state index is 0.0585. The zero-order valence-corrected chi connectivity index (χ0v) is 12.1. The molecule has 0 saturated heterocycles. The molecule has 18 heavy (non-hydrogen) atoms. The maximum Gasteiger partial charge on any atom is 0.225 e. The van der Waals surface area contributed by atoms with Gasteiger partial charge in [-0.3, -0.25) is 4.79 Å². The Labute approximate surface area is 114 Å². The number of anilines is 2. The van der Waals surface area contributed by atoms with Gasteiger partial charge >= 0.3 is 0 Å². The van der Waals surface area contributed by atoms with Crippen molar-refractivity contribution in [1.82, 2.24) is 0 Å². The van der Waals surface area contributed by atoms with Crippen LogP contribution in [0.4, 0.5) is 11.4 Å². The predicted octanol–water partition coefficient (Wildman–Crippen LogP) is 3.38. The Bertz CT molecular complexity index is 376. The summed E-state index contributed by atoms with van der Waals surface area (Å²) < 4.78 is 0. The van der Waals surface area contributed by atoms with Crippen LogP contribution in [0.2, 0.25) is 0 Å². The molecule has 0 aliphatic rings. The number of carbonyl (C=O) groups excluding carboxylic acids is 1. The van der Waals surface area contributed by atoms with E-state index in [9.17, 15) is 4.79 Å². The van der Waals surface area contributed by atoms with Crippen LogP contribution < -0.4 is 11.1 Å². The monoisotopic (exact) mass is 266 g/mol. The number of amides is 1. The second-order valence-electron chi connectivity index (χ2n) is 4.74. The summed E-state index contributed by atoms with van der Waals surface area (Å²) in [5.41, 5.74) is 7.09. The van der Waals surface area contributed by atoms with E-state index in [4.69, 9.17) is 5.73 Å². The van der Waals surface area contributed by atoms with Gasteiger partial charge in [0.25, 0.3) is 0 Å². The third-order valence-electron chi connectivity index (χ3n) is 2.84. The van der Waals surface area contributed by atoms with E-state index >= 15 is 0 Å². The fourth-order valence-electron chi connectivity index (χ4n) is 1.32. The largest absolute Gasteiger partial charge is 0.399 e. The van der Waals surface area contributed by atoms with Gasteiger partial charge in [0.15, 0.2) is 0 Å². The number of nitrogens with two attached hydrogens (primary N) is 1. The summed E-state index contributed by atoms with van der Waals surface area (Å²) in [6.07, 6.45) is 0.548. The highest BCUT2D eigenvalue weighted by molar-refractivity contribution is 7.99. The van der Waals surface area contributed by atoms with E-state index in [0.717, 1.165) is 11.4 Å². The summed E-state index contributed by atoms with van der Waals surface area (Å²) in [6.45, 7) is 6.60. The number of carbonyl (C=O) groups is 1. The van der Waals surface area contributed by atoms with Gasteiger partial charge in [0, 0.05) is 28.8 Å². The maximum atomic E-state index is 11.7. The van der Waals surface area contributed by atoms with Crippen LogP contribution in [0.1, 0.15) is 27.2 Å². The molecule has 4 heteroatoms. The molecule has 3 nitrogen and oxygen atoms in total. The second kappa shape index (κ2) is 7.31. The summed E-state index contributed by atoms with van der Waals surface area (Å²) in [6, 6.07) is 7.20. The highest BCUT2D eigenvalue weighted by Gasteiger charge is 2.08. The molecule has 0 saturated carbocycles. The van der Waals surface area contributed by atoms with E-state index in [1.807, 2.05) is 23.9 Å². The summed E-state index contributed by atoms with van der Waals surface area (Å²) in [4.78, 5) is 11.7. The van der Waals surface area contributed by atoms with Crippen molar-refractivity contribution in [2.24, 2.45) is 5.92 Å². The fourth-order valence-corrected chi connectivity index (χ4v) is 2.38. The average Bonchev–Trinajstić information content (AvgIpc) is 2.32. The first kappa shape index (κ1) is 14.9. The normalized spacial score (nSPS) is 12.4. The zero-order chi connectivity index (χ0) is 13.5. The first-order valence-corrected chi connectivity index (χ1v) is 7.31. The number of rotatable bonds is 6. The molecule has 0 radical (unpaired) electrons. The average molecular weight is 266 g/mol. The van der Waals surface area contributed by atoms with Crippen molar-refractivity contribution in [1.29, 1.82) is 0 Å². The third kappa shape index (κ3) is 5.45. The number of thioether (sulfide) groups is 1. The number of nitrogens with one attached hydrogen (secondary N) is 1. The Morgan fingerprint density at radius 1 is 1.28 bits per heavy atom. The maximum absolute atomic E-state index is 11.7. The standard InChI is InChI=1S/C14H22N2OS/c1-10(2)11(3)18-9-8-14(17)16-13-6-4-12(15)5-7-13/h4-7,10-11H,8-9,15H2,1-3H3,(H,16,17). The van der Waals surface area contributed by atoms with Gasteiger partial charge in [-0.15, -0.1) is 0 Å². The minimum Gasteiger partial charge on any atom is -0.399 e.